The molecular weight excluding hydrogens is 256 g/mol. The van der Waals surface area contributed by atoms with Crippen molar-refractivity contribution in [1.29, 1.82) is 0 Å². The zero-order chi connectivity index (χ0) is 14.5. The Morgan fingerprint density at radius 2 is 2.10 bits per heavy atom. The number of anilines is 1. The van der Waals surface area contributed by atoms with Crippen LogP contribution < -0.4 is 10.6 Å². The summed E-state index contributed by atoms with van der Waals surface area (Å²) in [7, 11) is 3.40. The highest BCUT2D eigenvalue weighted by molar-refractivity contribution is 5.93. The highest BCUT2D eigenvalue weighted by Gasteiger charge is 2.22. The van der Waals surface area contributed by atoms with Gasteiger partial charge in [-0.15, -0.1) is 0 Å². The van der Waals surface area contributed by atoms with Crippen molar-refractivity contribution in [3.05, 3.63) is 23.9 Å². The molecule has 2 rings (SSSR count). The Hall–Kier alpha value is -2.11. The fourth-order valence-corrected chi connectivity index (χ4v) is 1.71. The summed E-state index contributed by atoms with van der Waals surface area (Å²) in [6.45, 7) is 0.534. The predicted octanol–water partition coefficient (Wildman–Crippen LogP) is 0.864. The number of hydrogen-bond donors (Lipinski definition) is 2. The van der Waals surface area contributed by atoms with Gasteiger partial charge in [-0.1, -0.05) is 0 Å². The molecule has 0 atom stereocenters. The first-order valence-electron chi connectivity index (χ1n) is 6.77. The highest BCUT2D eigenvalue weighted by atomic mass is 16.2. The summed E-state index contributed by atoms with van der Waals surface area (Å²) in [6.07, 6.45) is 4.16. The number of pyridine rings is 1. The first-order valence-corrected chi connectivity index (χ1v) is 6.77. The number of amides is 2. The van der Waals surface area contributed by atoms with Crippen molar-refractivity contribution in [3.8, 4) is 0 Å². The van der Waals surface area contributed by atoms with Crippen LogP contribution in [0.1, 0.15) is 29.6 Å². The Morgan fingerprint density at radius 1 is 1.35 bits per heavy atom. The maximum atomic E-state index is 11.7. The molecule has 0 aromatic carbocycles. The van der Waals surface area contributed by atoms with Crippen molar-refractivity contribution in [2.45, 2.75) is 25.3 Å². The third-order valence-corrected chi connectivity index (χ3v) is 3.02. The van der Waals surface area contributed by atoms with Crippen molar-refractivity contribution in [3.63, 3.8) is 0 Å². The quantitative estimate of drug-likeness (QED) is 0.808. The van der Waals surface area contributed by atoms with Crippen molar-refractivity contribution in [2.24, 2.45) is 0 Å². The van der Waals surface area contributed by atoms with Gasteiger partial charge >= 0.3 is 0 Å². The zero-order valence-corrected chi connectivity index (χ0v) is 11.8. The van der Waals surface area contributed by atoms with E-state index < -0.39 is 0 Å². The van der Waals surface area contributed by atoms with Gasteiger partial charge in [0.05, 0.1) is 5.56 Å². The lowest BCUT2D eigenvalue weighted by molar-refractivity contribution is -0.120. The first kappa shape index (κ1) is 14.3. The van der Waals surface area contributed by atoms with E-state index in [9.17, 15) is 9.59 Å². The van der Waals surface area contributed by atoms with E-state index in [4.69, 9.17) is 0 Å². The van der Waals surface area contributed by atoms with Gasteiger partial charge in [-0.3, -0.25) is 9.59 Å². The molecule has 6 nitrogen and oxygen atoms in total. The zero-order valence-electron chi connectivity index (χ0n) is 11.8. The van der Waals surface area contributed by atoms with E-state index in [0.717, 1.165) is 12.8 Å². The fourth-order valence-electron chi connectivity index (χ4n) is 1.71. The van der Waals surface area contributed by atoms with Gasteiger partial charge in [0, 0.05) is 39.3 Å². The van der Waals surface area contributed by atoms with E-state index in [0.29, 0.717) is 30.4 Å². The van der Waals surface area contributed by atoms with E-state index in [-0.39, 0.29) is 11.8 Å². The Bertz CT molecular complexity index is 480. The summed E-state index contributed by atoms with van der Waals surface area (Å²) in [4.78, 5) is 28.8. The van der Waals surface area contributed by atoms with Crippen molar-refractivity contribution in [2.75, 3.05) is 26.0 Å². The monoisotopic (exact) mass is 276 g/mol. The average Bonchev–Trinajstić information content (AvgIpc) is 3.22. The van der Waals surface area contributed by atoms with Crippen LogP contribution >= 0.6 is 0 Å². The molecule has 1 saturated carbocycles. The molecule has 1 aromatic heterocycles. The van der Waals surface area contributed by atoms with Gasteiger partial charge < -0.3 is 15.5 Å². The third kappa shape index (κ3) is 4.22. The van der Waals surface area contributed by atoms with Gasteiger partial charge in [0.2, 0.25) is 5.91 Å². The van der Waals surface area contributed by atoms with Crippen LogP contribution in [0.2, 0.25) is 0 Å². The lowest BCUT2D eigenvalue weighted by atomic mass is 10.2. The molecule has 1 aliphatic carbocycles. The molecule has 108 valence electrons. The molecular formula is C14H20N4O2. The van der Waals surface area contributed by atoms with E-state index in [1.165, 1.54) is 11.1 Å². The molecule has 0 saturated heterocycles. The minimum absolute atomic E-state index is 0.0689. The first-order chi connectivity index (χ1) is 9.56. The summed E-state index contributed by atoms with van der Waals surface area (Å²) in [5, 5.41) is 5.99. The largest absolute Gasteiger partial charge is 0.370 e. The molecule has 1 aromatic rings. The molecule has 6 heteroatoms. The average molecular weight is 276 g/mol. The molecule has 1 fully saturated rings. The summed E-state index contributed by atoms with van der Waals surface area (Å²) in [6, 6.07) is 3.87. The van der Waals surface area contributed by atoms with Gasteiger partial charge in [-0.2, -0.15) is 0 Å². The second-order valence-electron chi connectivity index (χ2n) is 5.15. The number of carbonyl (C=O) groups is 2. The summed E-state index contributed by atoms with van der Waals surface area (Å²) in [5.74, 6) is 0.659. The standard InChI is InChI=1S/C14H20N4O2/c1-18(2)14(20)10-3-6-12(16-9-10)15-8-7-13(19)17-11-4-5-11/h3,6,9,11H,4-5,7-8H2,1-2H3,(H,15,16)(H,17,19). The maximum absolute atomic E-state index is 11.7. The second kappa shape index (κ2) is 6.36. The topological polar surface area (TPSA) is 74.3 Å². The van der Waals surface area contributed by atoms with Crippen LogP contribution in [0, 0.1) is 0 Å². The maximum Gasteiger partial charge on any atom is 0.254 e. The lowest BCUT2D eigenvalue weighted by Crippen LogP contribution is -2.27. The van der Waals surface area contributed by atoms with E-state index in [1.54, 1.807) is 26.2 Å². The number of carbonyl (C=O) groups excluding carboxylic acids is 2. The molecule has 0 aliphatic heterocycles. The second-order valence-corrected chi connectivity index (χ2v) is 5.15. The number of nitrogens with one attached hydrogen (secondary N) is 2. The van der Waals surface area contributed by atoms with Crippen LogP contribution in [0.4, 0.5) is 5.82 Å². The predicted molar refractivity (Wildman–Crippen MR) is 76.5 cm³/mol. The third-order valence-electron chi connectivity index (χ3n) is 3.02. The van der Waals surface area contributed by atoms with Gasteiger partial charge in [0.1, 0.15) is 5.82 Å². The molecule has 1 heterocycles. The fraction of sp³-hybridized carbons (Fsp3) is 0.500. The summed E-state index contributed by atoms with van der Waals surface area (Å²) >= 11 is 0. The molecule has 2 amide bonds. The Balaban J connectivity index is 1.75. The van der Waals surface area contributed by atoms with Crippen molar-refractivity contribution >= 4 is 17.6 Å². The molecule has 2 N–H and O–H groups in total. The number of nitrogens with zero attached hydrogens (tertiary/aromatic N) is 2. The van der Waals surface area contributed by atoms with Crippen LogP contribution in [-0.2, 0) is 4.79 Å². The van der Waals surface area contributed by atoms with Crippen molar-refractivity contribution in [1.82, 2.24) is 15.2 Å². The molecule has 0 unspecified atom stereocenters. The smallest absolute Gasteiger partial charge is 0.254 e. The molecule has 1 aliphatic rings. The van der Waals surface area contributed by atoms with Crippen LogP contribution in [0.5, 0.6) is 0 Å². The number of rotatable bonds is 6. The molecule has 0 spiro atoms. The van der Waals surface area contributed by atoms with Crippen LogP contribution in [-0.4, -0.2) is 48.4 Å². The summed E-state index contributed by atoms with van der Waals surface area (Å²) < 4.78 is 0. The van der Waals surface area contributed by atoms with Crippen molar-refractivity contribution < 1.29 is 9.59 Å². The van der Waals surface area contributed by atoms with Crippen LogP contribution in [0.25, 0.3) is 0 Å². The lowest BCUT2D eigenvalue weighted by Gasteiger charge is -2.10. The van der Waals surface area contributed by atoms with Gasteiger partial charge in [-0.05, 0) is 25.0 Å². The van der Waals surface area contributed by atoms with Gasteiger partial charge in [0.15, 0.2) is 0 Å². The Kier molecular flexibility index (Phi) is 4.55. The molecule has 0 radical (unpaired) electrons. The number of hydrogen-bond acceptors (Lipinski definition) is 4. The Morgan fingerprint density at radius 3 is 2.65 bits per heavy atom. The van der Waals surface area contributed by atoms with E-state index in [1.807, 2.05) is 0 Å². The minimum atomic E-state index is -0.0761. The van der Waals surface area contributed by atoms with E-state index in [2.05, 4.69) is 15.6 Å². The SMILES string of the molecule is CN(C)C(=O)c1ccc(NCCC(=O)NC2CC2)nc1. The highest BCUT2D eigenvalue weighted by Crippen LogP contribution is 2.18. The van der Waals surface area contributed by atoms with Crippen LogP contribution in [0.15, 0.2) is 18.3 Å². The summed E-state index contributed by atoms with van der Waals surface area (Å²) in [5.41, 5.74) is 0.548. The number of aromatic nitrogens is 1. The van der Waals surface area contributed by atoms with Gasteiger partial charge in [0.25, 0.3) is 5.91 Å². The van der Waals surface area contributed by atoms with Gasteiger partial charge in [-0.25, -0.2) is 4.98 Å². The van der Waals surface area contributed by atoms with E-state index >= 15 is 0 Å². The molecule has 20 heavy (non-hydrogen) atoms. The Labute approximate surface area is 118 Å². The normalized spacial score (nSPS) is 13.7. The minimum Gasteiger partial charge on any atom is -0.370 e. The molecule has 0 bridgehead atoms. The van der Waals surface area contributed by atoms with Crippen LogP contribution in [0.3, 0.4) is 0 Å².